The predicted octanol–water partition coefficient (Wildman–Crippen LogP) is 5.05. The maximum atomic E-state index is 13.2. The van der Waals surface area contributed by atoms with E-state index in [0.29, 0.717) is 52.6 Å². The van der Waals surface area contributed by atoms with E-state index in [-0.39, 0.29) is 24.4 Å². The first-order chi connectivity index (χ1) is 18.2. The number of benzene rings is 2. The molecule has 1 fully saturated rings. The molecule has 8 nitrogen and oxygen atoms in total. The van der Waals surface area contributed by atoms with Crippen LogP contribution in [0.5, 0.6) is 0 Å². The summed E-state index contributed by atoms with van der Waals surface area (Å²) in [4.78, 5) is 36.7. The third-order valence-electron chi connectivity index (χ3n) is 6.89. The molecule has 2 aliphatic heterocycles. The number of anilines is 1. The van der Waals surface area contributed by atoms with Gasteiger partial charge in [0, 0.05) is 41.9 Å². The van der Waals surface area contributed by atoms with Gasteiger partial charge in [0.15, 0.2) is 0 Å². The number of fused-ring (bicyclic) bond motifs is 1. The zero-order valence-electron chi connectivity index (χ0n) is 21.3. The van der Waals surface area contributed by atoms with Crippen molar-refractivity contribution in [1.82, 2.24) is 20.2 Å². The van der Waals surface area contributed by atoms with E-state index >= 15 is 0 Å². The number of carbonyl (C=O) groups excluding carboxylic acids is 2. The fraction of sp³-hybridized carbons (Fsp3) is 0.357. The fourth-order valence-electron chi connectivity index (χ4n) is 4.81. The van der Waals surface area contributed by atoms with Gasteiger partial charge in [-0.25, -0.2) is 9.97 Å². The molecule has 0 radical (unpaired) electrons. The SMILES string of the molecule is CC(C)(NC(=O)CN1Cc2ccc(-c3nc(NC4CCOCC4)ncc3Cl)cc2C1=O)c1cccc(Cl)c1. The summed E-state index contributed by atoms with van der Waals surface area (Å²) in [6.07, 6.45) is 3.33. The Hall–Kier alpha value is -3.20. The molecule has 38 heavy (non-hydrogen) atoms. The van der Waals surface area contributed by atoms with E-state index in [1.54, 1.807) is 18.3 Å². The zero-order chi connectivity index (χ0) is 26.9. The third-order valence-corrected chi connectivity index (χ3v) is 7.41. The van der Waals surface area contributed by atoms with Crippen molar-refractivity contribution in [1.29, 1.82) is 0 Å². The summed E-state index contributed by atoms with van der Waals surface area (Å²) >= 11 is 12.6. The lowest BCUT2D eigenvalue weighted by atomic mass is 9.94. The van der Waals surface area contributed by atoms with Crippen molar-refractivity contribution in [3.05, 3.63) is 75.4 Å². The molecule has 0 bridgehead atoms. The Morgan fingerprint density at radius 3 is 2.71 bits per heavy atom. The minimum absolute atomic E-state index is 0.0553. The largest absolute Gasteiger partial charge is 0.381 e. The van der Waals surface area contributed by atoms with Crippen molar-refractivity contribution in [3.63, 3.8) is 0 Å². The van der Waals surface area contributed by atoms with E-state index in [2.05, 4.69) is 20.6 Å². The number of amides is 2. The first-order valence-corrected chi connectivity index (χ1v) is 13.3. The minimum Gasteiger partial charge on any atom is -0.381 e. The van der Waals surface area contributed by atoms with Crippen LogP contribution in [0.25, 0.3) is 11.3 Å². The Bertz CT molecular complexity index is 1370. The van der Waals surface area contributed by atoms with Crippen molar-refractivity contribution in [2.75, 3.05) is 25.1 Å². The topological polar surface area (TPSA) is 96.5 Å². The summed E-state index contributed by atoms with van der Waals surface area (Å²) in [5, 5.41) is 7.37. The number of ether oxygens (including phenoxy) is 1. The predicted molar refractivity (Wildman–Crippen MR) is 147 cm³/mol. The lowest BCUT2D eigenvalue weighted by molar-refractivity contribution is -0.123. The van der Waals surface area contributed by atoms with Crippen molar-refractivity contribution in [3.8, 4) is 11.3 Å². The Balaban J connectivity index is 1.28. The molecule has 1 saturated heterocycles. The molecule has 198 valence electrons. The van der Waals surface area contributed by atoms with Gasteiger partial charge in [0.1, 0.15) is 6.54 Å². The van der Waals surface area contributed by atoms with Crippen LogP contribution in [-0.4, -0.2) is 52.5 Å². The summed E-state index contributed by atoms with van der Waals surface area (Å²) in [7, 11) is 0. The molecule has 0 aliphatic carbocycles. The Morgan fingerprint density at radius 2 is 1.95 bits per heavy atom. The summed E-state index contributed by atoms with van der Waals surface area (Å²) in [6.45, 7) is 5.52. The number of carbonyl (C=O) groups is 2. The molecule has 0 saturated carbocycles. The molecule has 3 aromatic rings. The summed E-state index contributed by atoms with van der Waals surface area (Å²) in [5.41, 5.74) is 2.89. The van der Waals surface area contributed by atoms with Crippen LogP contribution in [0.4, 0.5) is 5.95 Å². The van der Waals surface area contributed by atoms with Crippen LogP contribution in [0.1, 0.15) is 48.2 Å². The number of aromatic nitrogens is 2. The van der Waals surface area contributed by atoms with Crippen molar-refractivity contribution >= 4 is 41.0 Å². The van der Waals surface area contributed by atoms with Gasteiger partial charge in [-0.3, -0.25) is 9.59 Å². The van der Waals surface area contributed by atoms with E-state index in [1.807, 2.05) is 44.2 Å². The second-order valence-corrected chi connectivity index (χ2v) is 11.0. The molecule has 0 unspecified atom stereocenters. The highest BCUT2D eigenvalue weighted by molar-refractivity contribution is 6.33. The van der Waals surface area contributed by atoms with Gasteiger partial charge in [-0.1, -0.05) is 47.5 Å². The Morgan fingerprint density at radius 1 is 1.16 bits per heavy atom. The second kappa shape index (κ2) is 10.9. The van der Waals surface area contributed by atoms with Crippen molar-refractivity contribution in [2.45, 2.75) is 44.8 Å². The maximum absolute atomic E-state index is 13.2. The average Bonchev–Trinajstić information content (AvgIpc) is 3.19. The second-order valence-electron chi connectivity index (χ2n) is 10.1. The molecule has 1 aromatic heterocycles. The molecule has 2 amide bonds. The lowest BCUT2D eigenvalue weighted by Crippen LogP contribution is -2.46. The van der Waals surface area contributed by atoms with E-state index in [1.165, 1.54) is 4.90 Å². The number of rotatable bonds is 7. The number of nitrogens with zero attached hydrogens (tertiary/aromatic N) is 3. The molecule has 2 aromatic carbocycles. The molecule has 2 aliphatic rings. The molecule has 3 heterocycles. The first-order valence-electron chi connectivity index (χ1n) is 12.6. The molecular weight excluding hydrogens is 525 g/mol. The quantitative estimate of drug-likeness (QED) is 0.425. The van der Waals surface area contributed by atoms with Crippen LogP contribution in [0.15, 0.2) is 48.7 Å². The highest BCUT2D eigenvalue weighted by Gasteiger charge is 2.31. The lowest BCUT2D eigenvalue weighted by Gasteiger charge is -2.28. The van der Waals surface area contributed by atoms with Crippen LogP contribution in [0.3, 0.4) is 0 Å². The van der Waals surface area contributed by atoms with Crippen LogP contribution in [0, 0.1) is 0 Å². The van der Waals surface area contributed by atoms with Crippen LogP contribution < -0.4 is 10.6 Å². The minimum atomic E-state index is -0.648. The summed E-state index contributed by atoms with van der Waals surface area (Å²) in [5.74, 6) is 0.0334. The van der Waals surface area contributed by atoms with Gasteiger partial charge in [-0.05, 0) is 56.0 Å². The highest BCUT2D eigenvalue weighted by Crippen LogP contribution is 2.32. The van der Waals surface area contributed by atoms with Gasteiger partial charge in [0.25, 0.3) is 5.91 Å². The van der Waals surface area contributed by atoms with Crippen molar-refractivity contribution in [2.24, 2.45) is 0 Å². The number of halogens is 2. The van der Waals surface area contributed by atoms with Crippen LogP contribution in [-0.2, 0) is 21.6 Å². The normalized spacial score (nSPS) is 15.9. The summed E-state index contributed by atoms with van der Waals surface area (Å²) in [6, 6.07) is 13.2. The van der Waals surface area contributed by atoms with E-state index in [4.69, 9.17) is 27.9 Å². The van der Waals surface area contributed by atoms with Gasteiger partial charge in [0.2, 0.25) is 11.9 Å². The third kappa shape index (κ3) is 5.77. The maximum Gasteiger partial charge on any atom is 0.254 e. The van der Waals surface area contributed by atoms with E-state index in [0.717, 1.165) is 24.0 Å². The number of hydrogen-bond acceptors (Lipinski definition) is 6. The number of hydrogen-bond donors (Lipinski definition) is 2. The average molecular weight is 554 g/mol. The van der Waals surface area contributed by atoms with Gasteiger partial charge >= 0.3 is 0 Å². The standard InChI is InChI=1S/C28H29Cl2N5O3/c1-28(2,19-4-3-5-20(29)13-19)34-24(36)16-35-15-18-7-6-17(12-22(18)26(35)37)25-23(30)14-31-27(33-25)32-21-8-10-38-11-9-21/h3-7,12-14,21H,8-11,15-16H2,1-2H3,(H,34,36)(H,31,32,33). The molecule has 0 atom stereocenters. The van der Waals surface area contributed by atoms with Gasteiger partial charge < -0.3 is 20.3 Å². The van der Waals surface area contributed by atoms with E-state index < -0.39 is 5.54 Å². The van der Waals surface area contributed by atoms with Crippen LogP contribution >= 0.6 is 23.2 Å². The molecule has 10 heteroatoms. The zero-order valence-corrected chi connectivity index (χ0v) is 22.8. The number of nitrogens with one attached hydrogen (secondary N) is 2. The molecular formula is C28H29Cl2N5O3. The molecule has 0 spiro atoms. The van der Waals surface area contributed by atoms with Gasteiger partial charge in [0.05, 0.1) is 22.5 Å². The van der Waals surface area contributed by atoms with Crippen LogP contribution in [0.2, 0.25) is 10.0 Å². The summed E-state index contributed by atoms with van der Waals surface area (Å²) < 4.78 is 5.42. The molecule has 2 N–H and O–H groups in total. The monoisotopic (exact) mass is 553 g/mol. The molecule has 5 rings (SSSR count). The Labute approximate surface area is 231 Å². The smallest absolute Gasteiger partial charge is 0.254 e. The van der Waals surface area contributed by atoms with Crippen molar-refractivity contribution < 1.29 is 14.3 Å². The first kappa shape index (κ1) is 26.4. The van der Waals surface area contributed by atoms with Gasteiger partial charge in [-0.2, -0.15) is 0 Å². The Kier molecular flexibility index (Phi) is 7.56. The van der Waals surface area contributed by atoms with E-state index in [9.17, 15) is 9.59 Å². The highest BCUT2D eigenvalue weighted by atomic mass is 35.5. The van der Waals surface area contributed by atoms with Gasteiger partial charge in [-0.15, -0.1) is 0 Å². The fourth-order valence-corrected chi connectivity index (χ4v) is 5.20.